The molecule has 164 valence electrons. The minimum Gasteiger partial charge on any atom is -0.310 e. The van der Waals surface area contributed by atoms with E-state index in [0.29, 0.717) is 0 Å². The summed E-state index contributed by atoms with van der Waals surface area (Å²) in [7, 11) is 0. The molecule has 0 saturated carbocycles. The van der Waals surface area contributed by atoms with E-state index < -0.39 is 0 Å². The first kappa shape index (κ1) is 21.1. The molecular formula is C30H21BrN2S. The molecule has 0 saturated heterocycles. The average molecular weight is 521 g/mol. The highest BCUT2D eigenvalue weighted by molar-refractivity contribution is 9.10. The number of halogens is 1. The van der Waals surface area contributed by atoms with Gasteiger partial charge in [-0.15, -0.1) is 11.3 Å². The lowest BCUT2D eigenvalue weighted by atomic mass is 10.0. The molecule has 0 aliphatic carbocycles. The molecule has 0 atom stereocenters. The third-order valence-electron chi connectivity index (χ3n) is 6.09. The van der Waals surface area contributed by atoms with Gasteiger partial charge in [0.25, 0.3) is 0 Å². The minimum absolute atomic E-state index is 1.08. The van der Waals surface area contributed by atoms with Crippen LogP contribution < -0.4 is 4.90 Å². The van der Waals surface area contributed by atoms with Crippen LogP contribution in [0.2, 0.25) is 0 Å². The normalized spacial score (nSPS) is 11.2. The molecule has 0 fully saturated rings. The number of thiophene rings is 1. The summed E-state index contributed by atoms with van der Waals surface area (Å²) in [6, 6.07) is 36.8. The highest BCUT2D eigenvalue weighted by Gasteiger charge is 2.15. The van der Waals surface area contributed by atoms with Crippen molar-refractivity contribution in [1.82, 2.24) is 4.98 Å². The maximum Gasteiger partial charge on any atom is 0.124 e. The number of hydrogen-bond acceptors (Lipinski definition) is 3. The minimum atomic E-state index is 1.08. The van der Waals surface area contributed by atoms with E-state index in [2.05, 4.69) is 130 Å². The number of anilines is 3. The third-order valence-corrected chi connectivity index (χ3v) is 7.69. The van der Waals surface area contributed by atoms with E-state index in [1.807, 2.05) is 12.3 Å². The summed E-state index contributed by atoms with van der Waals surface area (Å²) in [6.45, 7) is 2.12. The number of fused-ring (bicyclic) bond motifs is 3. The van der Waals surface area contributed by atoms with E-state index in [1.54, 1.807) is 11.3 Å². The predicted molar refractivity (Wildman–Crippen MR) is 150 cm³/mol. The van der Waals surface area contributed by atoms with Crippen LogP contribution in [-0.2, 0) is 0 Å². The van der Waals surface area contributed by atoms with E-state index in [-0.39, 0.29) is 0 Å². The lowest BCUT2D eigenvalue weighted by Gasteiger charge is -2.26. The third kappa shape index (κ3) is 3.89. The lowest BCUT2D eigenvalue weighted by molar-refractivity contribution is 1.28. The largest absolute Gasteiger partial charge is 0.310 e. The molecule has 0 spiro atoms. The molecule has 6 rings (SSSR count). The highest BCUT2D eigenvalue weighted by Crippen LogP contribution is 2.40. The van der Waals surface area contributed by atoms with Gasteiger partial charge in [0.05, 0.1) is 0 Å². The highest BCUT2D eigenvalue weighted by atomic mass is 79.9. The molecule has 4 aromatic carbocycles. The summed E-state index contributed by atoms with van der Waals surface area (Å²) in [5.41, 5.74) is 7.06. The molecule has 4 heteroatoms. The van der Waals surface area contributed by atoms with Crippen molar-refractivity contribution in [3.05, 3.63) is 119 Å². The second-order valence-electron chi connectivity index (χ2n) is 8.36. The fourth-order valence-electron chi connectivity index (χ4n) is 4.32. The summed E-state index contributed by atoms with van der Waals surface area (Å²) in [6.07, 6.45) is 1.87. The van der Waals surface area contributed by atoms with Crippen LogP contribution in [-0.4, -0.2) is 4.98 Å². The van der Waals surface area contributed by atoms with Gasteiger partial charge in [0.2, 0.25) is 0 Å². The molecule has 0 aliphatic rings. The first-order valence-electron chi connectivity index (χ1n) is 11.2. The van der Waals surface area contributed by atoms with Gasteiger partial charge >= 0.3 is 0 Å². The number of aryl methyl sites for hydroxylation is 1. The van der Waals surface area contributed by atoms with E-state index in [0.717, 1.165) is 26.4 Å². The zero-order valence-corrected chi connectivity index (χ0v) is 21.0. The SMILES string of the molecule is Cc1ccc(N(c2ccc(-c3ccc(Br)cc3)cc2)c2ccc3c(c2)sc2ncccc23)cc1. The van der Waals surface area contributed by atoms with E-state index >= 15 is 0 Å². The Morgan fingerprint density at radius 1 is 0.676 bits per heavy atom. The van der Waals surface area contributed by atoms with Gasteiger partial charge in [-0.3, -0.25) is 0 Å². The topological polar surface area (TPSA) is 16.1 Å². The Kier molecular flexibility index (Phi) is 5.40. The molecule has 0 N–H and O–H groups in total. The Morgan fingerprint density at radius 2 is 1.29 bits per heavy atom. The number of rotatable bonds is 4. The van der Waals surface area contributed by atoms with Crippen LogP contribution in [0.4, 0.5) is 17.1 Å². The van der Waals surface area contributed by atoms with Gasteiger partial charge in [-0.05, 0) is 78.7 Å². The van der Waals surface area contributed by atoms with Gasteiger partial charge in [-0.25, -0.2) is 4.98 Å². The van der Waals surface area contributed by atoms with Crippen LogP contribution in [0.15, 0.2) is 114 Å². The molecular weight excluding hydrogens is 500 g/mol. The van der Waals surface area contributed by atoms with Gasteiger partial charge in [-0.1, -0.05) is 64.0 Å². The van der Waals surface area contributed by atoms with Crippen LogP contribution in [0.1, 0.15) is 5.56 Å². The smallest absolute Gasteiger partial charge is 0.124 e. The van der Waals surface area contributed by atoms with Crippen molar-refractivity contribution in [2.24, 2.45) is 0 Å². The van der Waals surface area contributed by atoms with Crippen LogP contribution in [0.5, 0.6) is 0 Å². The Balaban J connectivity index is 1.46. The van der Waals surface area contributed by atoms with Gasteiger partial charge < -0.3 is 4.90 Å². The predicted octanol–water partition coefficient (Wildman–Crippen LogP) is 9.66. The van der Waals surface area contributed by atoms with Crippen molar-refractivity contribution in [3.8, 4) is 11.1 Å². The maximum absolute atomic E-state index is 4.56. The Morgan fingerprint density at radius 3 is 2.00 bits per heavy atom. The maximum atomic E-state index is 4.56. The zero-order chi connectivity index (χ0) is 23.1. The molecule has 34 heavy (non-hydrogen) atoms. The van der Waals surface area contributed by atoms with Gasteiger partial charge in [-0.2, -0.15) is 0 Å². The summed E-state index contributed by atoms with van der Waals surface area (Å²) in [4.78, 5) is 7.97. The van der Waals surface area contributed by atoms with Crippen molar-refractivity contribution in [2.45, 2.75) is 6.92 Å². The second-order valence-corrected chi connectivity index (χ2v) is 10.3. The Hall–Kier alpha value is -3.47. The summed E-state index contributed by atoms with van der Waals surface area (Å²) >= 11 is 5.27. The van der Waals surface area contributed by atoms with Gasteiger partial charge in [0.15, 0.2) is 0 Å². The molecule has 6 aromatic rings. The second kappa shape index (κ2) is 8.71. The quantitative estimate of drug-likeness (QED) is 0.230. The van der Waals surface area contributed by atoms with Crippen LogP contribution in [0, 0.1) is 6.92 Å². The van der Waals surface area contributed by atoms with Crippen molar-refractivity contribution in [2.75, 3.05) is 4.90 Å². The average Bonchev–Trinajstić information content (AvgIpc) is 3.24. The van der Waals surface area contributed by atoms with Gasteiger partial charge in [0.1, 0.15) is 4.83 Å². The van der Waals surface area contributed by atoms with E-state index in [4.69, 9.17) is 0 Å². The number of aromatic nitrogens is 1. The Bertz CT molecular complexity index is 1600. The number of nitrogens with zero attached hydrogens (tertiary/aromatic N) is 2. The molecule has 0 aliphatic heterocycles. The standard InChI is InChI=1S/C30H21BrN2S/c1-20-4-12-24(13-5-20)33(25-14-8-22(9-15-25)21-6-10-23(31)11-7-21)26-16-17-27-28-3-2-18-32-30(28)34-29(27)19-26/h2-19H,1H3. The van der Waals surface area contributed by atoms with Crippen LogP contribution in [0.25, 0.3) is 31.4 Å². The number of hydrogen-bond donors (Lipinski definition) is 0. The van der Waals surface area contributed by atoms with Crippen LogP contribution in [0.3, 0.4) is 0 Å². The van der Waals surface area contributed by atoms with Crippen LogP contribution >= 0.6 is 27.3 Å². The van der Waals surface area contributed by atoms with Crippen molar-refractivity contribution in [1.29, 1.82) is 0 Å². The van der Waals surface area contributed by atoms with Crippen molar-refractivity contribution >= 4 is 64.6 Å². The summed E-state index contributed by atoms with van der Waals surface area (Å²) < 4.78 is 2.33. The zero-order valence-electron chi connectivity index (χ0n) is 18.6. The summed E-state index contributed by atoms with van der Waals surface area (Å²) in [5, 5.41) is 2.47. The molecule has 0 bridgehead atoms. The fraction of sp³-hybridized carbons (Fsp3) is 0.0333. The molecule has 2 aromatic heterocycles. The first-order chi connectivity index (χ1) is 16.7. The number of pyridine rings is 1. The first-order valence-corrected chi connectivity index (χ1v) is 12.8. The van der Waals surface area contributed by atoms with E-state index in [9.17, 15) is 0 Å². The molecule has 2 heterocycles. The summed E-state index contributed by atoms with van der Waals surface area (Å²) in [5.74, 6) is 0. The Labute approximate surface area is 211 Å². The fourth-order valence-corrected chi connectivity index (χ4v) is 5.67. The molecule has 0 unspecified atom stereocenters. The number of benzene rings is 4. The molecule has 0 radical (unpaired) electrons. The van der Waals surface area contributed by atoms with Gasteiger partial charge in [0, 0.05) is 43.2 Å². The molecule has 0 amide bonds. The molecule has 2 nitrogen and oxygen atoms in total. The van der Waals surface area contributed by atoms with Crippen molar-refractivity contribution in [3.63, 3.8) is 0 Å². The van der Waals surface area contributed by atoms with Crippen molar-refractivity contribution < 1.29 is 0 Å². The lowest BCUT2D eigenvalue weighted by Crippen LogP contribution is -2.09. The monoisotopic (exact) mass is 520 g/mol. The van der Waals surface area contributed by atoms with E-state index in [1.165, 1.54) is 32.2 Å².